The molecule has 4 rings (SSSR count). The number of nitrogens with zero attached hydrogens (tertiary/aromatic N) is 3. The van der Waals surface area contributed by atoms with Gasteiger partial charge in [0, 0.05) is 37.7 Å². The number of amides is 1. The summed E-state index contributed by atoms with van der Waals surface area (Å²) in [6, 6.07) is 12.8. The molecule has 0 aliphatic carbocycles. The molecule has 0 fully saturated rings. The maximum atomic E-state index is 12.9. The van der Waals surface area contributed by atoms with Crippen LogP contribution in [0.25, 0.3) is 10.9 Å². The minimum atomic E-state index is -0.120. The monoisotopic (exact) mass is 363 g/mol. The smallest absolute Gasteiger partial charge is 0.261 e. The third-order valence-electron chi connectivity index (χ3n) is 5.01. The number of rotatable bonds is 4. The van der Waals surface area contributed by atoms with Crippen molar-refractivity contribution in [3.63, 3.8) is 0 Å². The molecule has 0 atom stereocenters. The van der Waals surface area contributed by atoms with Crippen LogP contribution < -0.4 is 10.3 Å². The Hall–Kier alpha value is -3.15. The second kappa shape index (κ2) is 6.87. The van der Waals surface area contributed by atoms with E-state index in [1.54, 1.807) is 41.8 Å². The highest BCUT2D eigenvalue weighted by atomic mass is 16.5. The van der Waals surface area contributed by atoms with Gasteiger partial charge < -0.3 is 9.64 Å². The van der Waals surface area contributed by atoms with E-state index in [4.69, 9.17) is 4.74 Å². The molecule has 3 aromatic rings. The third-order valence-corrected chi connectivity index (χ3v) is 5.01. The first-order chi connectivity index (χ1) is 13.1. The lowest BCUT2D eigenvalue weighted by atomic mass is 10.1. The first-order valence-electron chi connectivity index (χ1n) is 8.99. The largest absolute Gasteiger partial charge is 0.496 e. The van der Waals surface area contributed by atoms with Crippen molar-refractivity contribution in [1.82, 2.24) is 14.5 Å². The van der Waals surface area contributed by atoms with Gasteiger partial charge in [0.05, 0.1) is 18.0 Å². The molecule has 0 saturated heterocycles. The molecule has 0 spiro atoms. The molecule has 6 nitrogen and oxygen atoms in total. The summed E-state index contributed by atoms with van der Waals surface area (Å²) in [5, 5.41) is 0.560. The summed E-state index contributed by atoms with van der Waals surface area (Å²) >= 11 is 0. The van der Waals surface area contributed by atoms with Gasteiger partial charge in [-0.2, -0.15) is 0 Å². The van der Waals surface area contributed by atoms with Crippen LogP contribution in [-0.2, 0) is 19.5 Å². The predicted molar refractivity (Wildman–Crippen MR) is 103 cm³/mol. The van der Waals surface area contributed by atoms with E-state index in [9.17, 15) is 9.59 Å². The molecule has 0 unspecified atom stereocenters. The molecular weight excluding hydrogens is 342 g/mol. The van der Waals surface area contributed by atoms with Crippen LogP contribution in [0, 0.1) is 0 Å². The van der Waals surface area contributed by atoms with E-state index in [1.165, 1.54) is 0 Å². The first kappa shape index (κ1) is 17.3. The Labute approximate surface area is 157 Å². The number of fused-ring (bicyclic) bond motifs is 2. The number of carbonyl (C=O) groups is 1. The zero-order chi connectivity index (χ0) is 19.0. The van der Waals surface area contributed by atoms with E-state index < -0.39 is 0 Å². The van der Waals surface area contributed by atoms with Gasteiger partial charge in [-0.3, -0.25) is 14.2 Å². The summed E-state index contributed by atoms with van der Waals surface area (Å²) in [6.45, 7) is 1.15. The van der Waals surface area contributed by atoms with Gasteiger partial charge in [0.25, 0.3) is 11.5 Å². The number of carbonyl (C=O) groups excluding carboxylic acids is 1. The van der Waals surface area contributed by atoms with E-state index in [-0.39, 0.29) is 11.5 Å². The van der Waals surface area contributed by atoms with Gasteiger partial charge in [0.15, 0.2) is 0 Å². The quantitative estimate of drug-likeness (QED) is 0.715. The number of ether oxygens (including phenoxy) is 1. The van der Waals surface area contributed by atoms with Crippen LogP contribution >= 0.6 is 0 Å². The SMILES string of the molecule is COc1ccccc1CN(C)C(=O)c1ccc2c(=O)n3c(nc2c1)CCC3. The minimum Gasteiger partial charge on any atom is -0.496 e. The Kier molecular flexibility index (Phi) is 4.39. The second-order valence-corrected chi connectivity index (χ2v) is 6.79. The third kappa shape index (κ3) is 3.07. The van der Waals surface area contributed by atoms with Crippen molar-refractivity contribution in [3.8, 4) is 5.75 Å². The molecule has 0 saturated carbocycles. The normalized spacial score (nSPS) is 12.8. The zero-order valence-electron chi connectivity index (χ0n) is 15.4. The van der Waals surface area contributed by atoms with Gasteiger partial charge >= 0.3 is 0 Å². The highest BCUT2D eigenvalue weighted by Crippen LogP contribution is 2.21. The van der Waals surface area contributed by atoms with Crippen LogP contribution in [-0.4, -0.2) is 34.5 Å². The second-order valence-electron chi connectivity index (χ2n) is 6.79. The van der Waals surface area contributed by atoms with Gasteiger partial charge in [0.1, 0.15) is 11.6 Å². The highest BCUT2D eigenvalue weighted by molar-refractivity contribution is 5.97. The van der Waals surface area contributed by atoms with E-state index in [0.29, 0.717) is 23.0 Å². The summed E-state index contributed by atoms with van der Waals surface area (Å²) in [5.74, 6) is 1.44. The summed E-state index contributed by atoms with van der Waals surface area (Å²) in [4.78, 5) is 31.7. The number of hydrogen-bond acceptors (Lipinski definition) is 4. The predicted octanol–water partition coefficient (Wildman–Crippen LogP) is 2.62. The van der Waals surface area contributed by atoms with Gasteiger partial charge in [0.2, 0.25) is 0 Å². The molecule has 6 heteroatoms. The van der Waals surface area contributed by atoms with Crippen molar-refractivity contribution in [2.24, 2.45) is 0 Å². The van der Waals surface area contributed by atoms with Crippen LogP contribution in [0.3, 0.4) is 0 Å². The van der Waals surface area contributed by atoms with Crippen molar-refractivity contribution in [2.45, 2.75) is 25.9 Å². The number of benzene rings is 2. The van der Waals surface area contributed by atoms with Gasteiger partial charge in [-0.05, 0) is 30.7 Å². The molecule has 0 radical (unpaired) electrons. The Morgan fingerprint density at radius 1 is 1.26 bits per heavy atom. The molecule has 1 aliphatic rings. The van der Waals surface area contributed by atoms with Crippen molar-refractivity contribution < 1.29 is 9.53 Å². The van der Waals surface area contributed by atoms with Crippen LogP contribution in [0.1, 0.15) is 28.2 Å². The van der Waals surface area contributed by atoms with E-state index >= 15 is 0 Å². The number of para-hydroxylation sites is 1. The summed E-state index contributed by atoms with van der Waals surface area (Å²) in [6.07, 6.45) is 1.74. The average molecular weight is 363 g/mol. The molecule has 0 bridgehead atoms. The molecule has 27 heavy (non-hydrogen) atoms. The average Bonchev–Trinajstić information content (AvgIpc) is 3.16. The molecule has 138 valence electrons. The lowest BCUT2D eigenvalue weighted by Crippen LogP contribution is -2.27. The fourth-order valence-electron chi connectivity index (χ4n) is 3.60. The van der Waals surface area contributed by atoms with Crippen molar-refractivity contribution in [3.05, 3.63) is 69.8 Å². The lowest BCUT2D eigenvalue weighted by Gasteiger charge is -2.19. The number of aryl methyl sites for hydroxylation is 1. The molecule has 1 aromatic heterocycles. The van der Waals surface area contributed by atoms with Crippen molar-refractivity contribution in [1.29, 1.82) is 0 Å². The van der Waals surface area contributed by atoms with E-state index in [0.717, 1.165) is 36.5 Å². The Morgan fingerprint density at radius 3 is 2.89 bits per heavy atom. The fourth-order valence-corrected chi connectivity index (χ4v) is 3.60. The molecule has 2 aromatic carbocycles. The summed E-state index contributed by atoms with van der Waals surface area (Å²) in [7, 11) is 3.37. The van der Waals surface area contributed by atoms with Gasteiger partial charge in [-0.15, -0.1) is 0 Å². The van der Waals surface area contributed by atoms with Crippen molar-refractivity contribution in [2.75, 3.05) is 14.2 Å². The van der Waals surface area contributed by atoms with Crippen LogP contribution in [0.5, 0.6) is 5.75 Å². The molecular formula is C21H21N3O3. The Balaban J connectivity index is 1.64. The topological polar surface area (TPSA) is 64.4 Å². The number of hydrogen-bond donors (Lipinski definition) is 0. The maximum absolute atomic E-state index is 12.9. The number of methoxy groups -OCH3 is 1. The highest BCUT2D eigenvalue weighted by Gasteiger charge is 2.19. The summed E-state index contributed by atoms with van der Waals surface area (Å²) in [5.41, 5.74) is 2.03. The van der Waals surface area contributed by atoms with Crippen LogP contribution in [0.15, 0.2) is 47.3 Å². The van der Waals surface area contributed by atoms with Crippen LogP contribution in [0.2, 0.25) is 0 Å². The molecule has 0 N–H and O–H groups in total. The van der Waals surface area contributed by atoms with E-state index in [2.05, 4.69) is 4.98 Å². The van der Waals surface area contributed by atoms with E-state index in [1.807, 2.05) is 24.3 Å². The standard InChI is InChI=1S/C21H21N3O3/c1-23(13-15-6-3-4-7-18(15)27-2)20(25)14-9-10-16-17(12-14)22-19-8-5-11-24(19)21(16)26/h3-4,6-7,9-10,12H,5,8,11,13H2,1-2H3. The van der Waals surface area contributed by atoms with Gasteiger partial charge in [-0.1, -0.05) is 18.2 Å². The number of aromatic nitrogens is 2. The van der Waals surface area contributed by atoms with Crippen LogP contribution in [0.4, 0.5) is 0 Å². The first-order valence-corrected chi connectivity index (χ1v) is 8.99. The van der Waals surface area contributed by atoms with Crippen molar-refractivity contribution >= 4 is 16.8 Å². The van der Waals surface area contributed by atoms with Gasteiger partial charge in [-0.25, -0.2) is 4.98 Å². The Morgan fingerprint density at radius 2 is 2.07 bits per heavy atom. The lowest BCUT2D eigenvalue weighted by molar-refractivity contribution is 0.0784. The molecule has 2 heterocycles. The molecule has 1 amide bonds. The molecule has 1 aliphatic heterocycles. The maximum Gasteiger partial charge on any atom is 0.261 e. The fraction of sp³-hybridized carbons (Fsp3) is 0.286. The Bertz CT molecular complexity index is 1090. The zero-order valence-corrected chi connectivity index (χ0v) is 15.4. The summed E-state index contributed by atoms with van der Waals surface area (Å²) < 4.78 is 7.09. The minimum absolute atomic E-state index is 0.0196.